The predicted molar refractivity (Wildman–Crippen MR) is 157 cm³/mol. The summed E-state index contributed by atoms with van der Waals surface area (Å²) in [6.45, 7) is 3.62. The highest BCUT2D eigenvalue weighted by Gasteiger charge is 2.36. The van der Waals surface area contributed by atoms with Crippen LogP contribution in [0.15, 0.2) is 78.9 Å². The van der Waals surface area contributed by atoms with E-state index in [0.717, 1.165) is 40.9 Å². The first-order valence-electron chi connectivity index (χ1n) is 14.3. The summed E-state index contributed by atoms with van der Waals surface area (Å²) in [5, 5.41) is 19.3. The fourth-order valence-corrected chi connectivity index (χ4v) is 4.70. The molecule has 3 aromatic carbocycles. The molecule has 5 rings (SSSR count). The Morgan fingerprint density at radius 3 is 2.53 bits per heavy atom. The van der Waals surface area contributed by atoms with E-state index in [1.165, 1.54) is 37.1 Å². The lowest BCUT2D eigenvalue weighted by Gasteiger charge is -2.21. The van der Waals surface area contributed by atoms with Gasteiger partial charge in [0.05, 0.1) is 30.0 Å². The Hall–Kier alpha value is -4.62. The molecule has 1 amide bonds. The first kappa shape index (κ1) is 29.9. The van der Waals surface area contributed by atoms with Gasteiger partial charge in [-0.25, -0.2) is 4.68 Å². The van der Waals surface area contributed by atoms with E-state index in [2.05, 4.69) is 22.7 Å². The Kier molecular flexibility index (Phi) is 9.12. The number of unbranched alkanes of at least 4 members (excludes halogenated alkanes) is 1. The number of nitrogens with one attached hydrogen (secondary N) is 2. The number of nitrogens with zero attached hydrogens (tertiary/aromatic N) is 3. The van der Waals surface area contributed by atoms with E-state index in [4.69, 9.17) is 4.74 Å². The van der Waals surface area contributed by atoms with Gasteiger partial charge in [0, 0.05) is 11.8 Å². The van der Waals surface area contributed by atoms with Crippen molar-refractivity contribution in [2.45, 2.75) is 44.8 Å². The summed E-state index contributed by atoms with van der Waals surface area (Å²) in [7, 11) is 0. The molecule has 1 unspecified atom stereocenters. The van der Waals surface area contributed by atoms with Crippen LogP contribution < -0.4 is 15.4 Å². The maximum atomic E-state index is 13.6. The summed E-state index contributed by atoms with van der Waals surface area (Å²) in [6, 6.07) is 23.6. The van der Waals surface area contributed by atoms with Crippen molar-refractivity contribution >= 4 is 11.6 Å². The maximum absolute atomic E-state index is 13.6. The largest absolute Gasteiger partial charge is 0.494 e. The van der Waals surface area contributed by atoms with Gasteiger partial charge in [-0.05, 0) is 85.3 Å². The lowest BCUT2D eigenvalue weighted by atomic mass is 9.97. The zero-order valence-electron chi connectivity index (χ0n) is 23.7. The highest BCUT2D eigenvalue weighted by atomic mass is 19.4. The molecule has 0 saturated heterocycles. The van der Waals surface area contributed by atoms with Crippen molar-refractivity contribution in [2.24, 2.45) is 5.92 Å². The highest BCUT2D eigenvalue weighted by molar-refractivity contribution is 6.03. The van der Waals surface area contributed by atoms with Crippen LogP contribution in [0.4, 0.5) is 18.9 Å². The molecule has 1 heterocycles. The molecule has 1 aromatic heterocycles. The number of ether oxygens (including phenoxy) is 1. The molecule has 222 valence electrons. The van der Waals surface area contributed by atoms with E-state index >= 15 is 0 Å². The maximum Gasteiger partial charge on any atom is 0.435 e. The third-order valence-electron chi connectivity index (χ3n) is 7.22. The SMILES string of the molecule is CCCCOc1ccc(C(NCC2CC2)c2cccc(NC(=O)c3cc(C(F)(F)F)nn3-c3cccc(C#N)c3)c2)cc1. The molecule has 0 bridgehead atoms. The first-order valence-corrected chi connectivity index (χ1v) is 14.3. The zero-order valence-corrected chi connectivity index (χ0v) is 23.7. The second-order valence-corrected chi connectivity index (χ2v) is 10.6. The topological polar surface area (TPSA) is 92.0 Å². The molecule has 2 N–H and O–H groups in total. The molecule has 1 fully saturated rings. The Morgan fingerprint density at radius 2 is 1.84 bits per heavy atom. The number of anilines is 1. The van der Waals surface area contributed by atoms with Crippen molar-refractivity contribution in [3.8, 4) is 17.5 Å². The number of aromatic nitrogens is 2. The number of carbonyl (C=O) groups excluding carboxylic acids is 1. The van der Waals surface area contributed by atoms with Crippen LogP contribution in [0, 0.1) is 17.2 Å². The molecular weight excluding hydrogens is 555 g/mol. The quantitative estimate of drug-likeness (QED) is 0.170. The van der Waals surface area contributed by atoms with Gasteiger partial charge in [-0.1, -0.05) is 43.7 Å². The fraction of sp³-hybridized carbons (Fsp3) is 0.303. The number of hydrogen-bond donors (Lipinski definition) is 2. The average molecular weight is 588 g/mol. The van der Waals surface area contributed by atoms with Crippen LogP contribution in [-0.2, 0) is 6.18 Å². The van der Waals surface area contributed by atoms with Gasteiger partial charge in [-0.3, -0.25) is 4.79 Å². The smallest absolute Gasteiger partial charge is 0.435 e. The van der Waals surface area contributed by atoms with Gasteiger partial charge in [0.1, 0.15) is 11.4 Å². The summed E-state index contributed by atoms with van der Waals surface area (Å²) < 4.78 is 47.5. The van der Waals surface area contributed by atoms with Crippen molar-refractivity contribution < 1.29 is 22.7 Å². The number of halogens is 3. The van der Waals surface area contributed by atoms with Crippen LogP contribution in [0.1, 0.15) is 71.5 Å². The second kappa shape index (κ2) is 13.1. The third-order valence-corrected chi connectivity index (χ3v) is 7.22. The van der Waals surface area contributed by atoms with Crippen LogP contribution >= 0.6 is 0 Å². The Labute approximate surface area is 248 Å². The summed E-state index contributed by atoms with van der Waals surface area (Å²) in [5.74, 6) is 0.664. The van der Waals surface area contributed by atoms with E-state index in [-0.39, 0.29) is 23.0 Å². The molecule has 10 heteroatoms. The number of carbonyl (C=O) groups is 1. The molecular formula is C33H32F3N5O2. The Balaban J connectivity index is 1.41. The number of benzene rings is 3. The normalized spacial score (nSPS) is 13.7. The van der Waals surface area contributed by atoms with E-state index in [0.29, 0.717) is 24.3 Å². The van der Waals surface area contributed by atoms with Gasteiger partial charge in [-0.2, -0.15) is 23.5 Å². The first-order chi connectivity index (χ1) is 20.7. The lowest BCUT2D eigenvalue weighted by molar-refractivity contribution is -0.141. The molecule has 4 aromatic rings. The molecule has 0 aliphatic heterocycles. The summed E-state index contributed by atoms with van der Waals surface area (Å²) >= 11 is 0. The molecule has 7 nitrogen and oxygen atoms in total. The van der Waals surface area contributed by atoms with E-state index in [9.17, 15) is 23.2 Å². The lowest BCUT2D eigenvalue weighted by Crippen LogP contribution is -2.25. The number of amides is 1. The number of hydrogen-bond acceptors (Lipinski definition) is 5. The second-order valence-electron chi connectivity index (χ2n) is 10.6. The predicted octanol–water partition coefficient (Wildman–Crippen LogP) is 7.28. The van der Waals surface area contributed by atoms with Gasteiger partial charge >= 0.3 is 6.18 Å². The summed E-state index contributed by atoms with van der Waals surface area (Å²) in [4.78, 5) is 13.4. The van der Waals surface area contributed by atoms with Crippen molar-refractivity contribution in [1.82, 2.24) is 15.1 Å². The summed E-state index contributed by atoms with van der Waals surface area (Å²) in [6.07, 6.45) is -0.353. The van der Waals surface area contributed by atoms with Crippen LogP contribution in [0.5, 0.6) is 5.75 Å². The molecule has 1 aliphatic rings. The number of alkyl halides is 3. The fourth-order valence-electron chi connectivity index (χ4n) is 4.70. The zero-order chi connectivity index (χ0) is 30.4. The van der Waals surface area contributed by atoms with E-state index in [1.54, 1.807) is 12.1 Å². The van der Waals surface area contributed by atoms with Crippen LogP contribution in [-0.4, -0.2) is 28.8 Å². The molecule has 0 radical (unpaired) electrons. The van der Waals surface area contributed by atoms with Gasteiger partial charge in [0.25, 0.3) is 5.91 Å². The molecule has 0 spiro atoms. The highest BCUT2D eigenvalue weighted by Crippen LogP contribution is 2.32. The van der Waals surface area contributed by atoms with Crippen molar-refractivity contribution in [1.29, 1.82) is 5.26 Å². The standard InChI is InChI=1S/C33H32F3N5O2/c1-2-3-16-43-28-14-12-24(13-15-28)31(38-21-22-10-11-22)25-7-5-8-26(18-25)39-32(42)29-19-30(33(34,35)36)40-41(29)27-9-4-6-23(17-27)20-37/h4-9,12-15,17-19,22,31,38H,2-3,10-11,16,21H2,1H3,(H,39,42). The monoisotopic (exact) mass is 587 g/mol. The average Bonchev–Trinajstić information content (AvgIpc) is 3.71. The number of rotatable bonds is 12. The minimum atomic E-state index is -4.76. The van der Waals surface area contributed by atoms with Gasteiger partial charge < -0.3 is 15.4 Å². The third kappa shape index (κ3) is 7.62. The molecule has 1 atom stereocenters. The van der Waals surface area contributed by atoms with E-state index in [1.807, 2.05) is 42.5 Å². The molecule has 1 aliphatic carbocycles. The molecule has 43 heavy (non-hydrogen) atoms. The molecule has 1 saturated carbocycles. The number of nitriles is 1. The van der Waals surface area contributed by atoms with Crippen molar-refractivity contribution in [3.63, 3.8) is 0 Å². The Morgan fingerprint density at radius 1 is 1.07 bits per heavy atom. The van der Waals surface area contributed by atoms with Crippen LogP contribution in [0.25, 0.3) is 5.69 Å². The minimum Gasteiger partial charge on any atom is -0.494 e. The van der Waals surface area contributed by atoms with Crippen molar-refractivity contribution in [2.75, 3.05) is 18.5 Å². The van der Waals surface area contributed by atoms with Crippen molar-refractivity contribution in [3.05, 3.63) is 107 Å². The van der Waals surface area contributed by atoms with E-state index < -0.39 is 17.8 Å². The van der Waals surface area contributed by atoms with Gasteiger partial charge in [-0.15, -0.1) is 0 Å². The minimum absolute atomic E-state index is 0.167. The Bertz CT molecular complexity index is 1600. The van der Waals surface area contributed by atoms with Crippen LogP contribution in [0.2, 0.25) is 0 Å². The van der Waals surface area contributed by atoms with Gasteiger partial charge in [0.2, 0.25) is 0 Å². The van der Waals surface area contributed by atoms with Crippen LogP contribution in [0.3, 0.4) is 0 Å². The summed E-state index contributed by atoms with van der Waals surface area (Å²) in [5.41, 5.74) is 1.22. The van der Waals surface area contributed by atoms with Gasteiger partial charge in [0.15, 0.2) is 5.69 Å².